The van der Waals surface area contributed by atoms with E-state index in [0.29, 0.717) is 18.5 Å². The zero-order valence-corrected chi connectivity index (χ0v) is 12.0. The standard InChI is InChI=1S/C13H29N3O/c1-11(2)16(12(3)4)10-9-15-8-6-7-13(17)14-5/h11-12,15H,6-10H2,1-5H3,(H,14,17). The summed E-state index contributed by atoms with van der Waals surface area (Å²) in [5, 5.41) is 6.01. The van der Waals surface area contributed by atoms with Crippen molar-refractivity contribution in [3.63, 3.8) is 0 Å². The Labute approximate surface area is 106 Å². The van der Waals surface area contributed by atoms with Gasteiger partial charge in [-0.1, -0.05) is 0 Å². The molecule has 0 aliphatic rings. The molecule has 0 radical (unpaired) electrons. The van der Waals surface area contributed by atoms with E-state index in [1.54, 1.807) is 7.05 Å². The lowest BCUT2D eigenvalue weighted by molar-refractivity contribution is -0.120. The number of carbonyl (C=O) groups excluding carboxylic acids is 1. The summed E-state index contributed by atoms with van der Waals surface area (Å²) in [4.78, 5) is 13.4. The Hall–Kier alpha value is -0.610. The first-order valence-corrected chi connectivity index (χ1v) is 6.66. The predicted molar refractivity (Wildman–Crippen MR) is 73.1 cm³/mol. The highest BCUT2D eigenvalue weighted by molar-refractivity contribution is 5.75. The van der Waals surface area contributed by atoms with Crippen molar-refractivity contribution in [2.24, 2.45) is 0 Å². The summed E-state index contributed by atoms with van der Waals surface area (Å²) in [5.41, 5.74) is 0. The lowest BCUT2D eigenvalue weighted by Gasteiger charge is -2.30. The number of carbonyl (C=O) groups is 1. The van der Waals surface area contributed by atoms with Gasteiger partial charge in [0.1, 0.15) is 0 Å². The maximum absolute atomic E-state index is 11.0. The number of amides is 1. The predicted octanol–water partition coefficient (Wildman–Crippen LogP) is 1.22. The summed E-state index contributed by atoms with van der Waals surface area (Å²) in [6.07, 6.45) is 1.52. The largest absolute Gasteiger partial charge is 0.359 e. The average molecular weight is 243 g/mol. The topological polar surface area (TPSA) is 44.4 Å². The number of hydrogen-bond acceptors (Lipinski definition) is 3. The highest BCUT2D eigenvalue weighted by Gasteiger charge is 2.11. The van der Waals surface area contributed by atoms with E-state index >= 15 is 0 Å². The Kier molecular flexibility index (Phi) is 9.09. The summed E-state index contributed by atoms with van der Waals surface area (Å²) < 4.78 is 0. The van der Waals surface area contributed by atoms with Crippen LogP contribution in [0.1, 0.15) is 40.5 Å². The first-order valence-electron chi connectivity index (χ1n) is 6.66. The average Bonchev–Trinajstić information content (AvgIpc) is 2.26. The molecule has 4 nitrogen and oxygen atoms in total. The molecule has 0 saturated carbocycles. The molecule has 0 aromatic heterocycles. The molecule has 17 heavy (non-hydrogen) atoms. The number of nitrogens with zero attached hydrogens (tertiary/aromatic N) is 1. The van der Waals surface area contributed by atoms with Crippen LogP contribution in [0.3, 0.4) is 0 Å². The lowest BCUT2D eigenvalue weighted by Crippen LogP contribution is -2.41. The Morgan fingerprint density at radius 3 is 2.18 bits per heavy atom. The molecule has 4 heteroatoms. The molecule has 0 aliphatic carbocycles. The molecule has 0 heterocycles. The number of hydrogen-bond donors (Lipinski definition) is 2. The van der Waals surface area contributed by atoms with Crippen molar-refractivity contribution in [1.82, 2.24) is 15.5 Å². The molecule has 0 bridgehead atoms. The van der Waals surface area contributed by atoms with Crippen molar-refractivity contribution in [2.45, 2.75) is 52.6 Å². The van der Waals surface area contributed by atoms with Crippen molar-refractivity contribution in [1.29, 1.82) is 0 Å². The van der Waals surface area contributed by atoms with Crippen LogP contribution >= 0.6 is 0 Å². The molecule has 0 aromatic carbocycles. The molecule has 102 valence electrons. The normalized spacial score (nSPS) is 11.5. The molecule has 0 saturated heterocycles. The number of rotatable bonds is 9. The van der Waals surface area contributed by atoms with E-state index in [-0.39, 0.29) is 5.91 Å². The molecule has 0 rings (SSSR count). The van der Waals surface area contributed by atoms with Gasteiger partial charge in [0, 0.05) is 38.6 Å². The van der Waals surface area contributed by atoms with Crippen LogP contribution in [0.25, 0.3) is 0 Å². The molecule has 0 spiro atoms. The summed E-state index contributed by atoms with van der Waals surface area (Å²) in [7, 11) is 1.68. The lowest BCUT2D eigenvalue weighted by atomic mass is 10.2. The third kappa shape index (κ3) is 8.16. The van der Waals surface area contributed by atoms with Gasteiger partial charge in [0.2, 0.25) is 5.91 Å². The second-order valence-corrected chi connectivity index (χ2v) is 4.95. The molecule has 1 amide bonds. The third-order valence-electron chi connectivity index (χ3n) is 2.91. The fourth-order valence-electron chi connectivity index (χ4n) is 1.94. The zero-order valence-electron chi connectivity index (χ0n) is 12.0. The molecular weight excluding hydrogens is 214 g/mol. The van der Waals surface area contributed by atoms with Gasteiger partial charge in [0.15, 0.2) is 0 Å². The summed E-state index contributed by atoms with van der Waals surface area (Å²) in [6, 6.07) is 1.17. The van der Waals surface area contributed by atoms with Crippen LogP contribution in [0.4, 0.5) is 0 Å². The van der Waals surface area contributed by atoms with E-state index in [4.69, 9.17) is 0 Å². The minimum Gasteiger partial charge on any atom is -0.359 e. The molecule has 0 aromatic rings. The van der Waals surface area contributed by atoms with Crippen LogP contribution in [-0.4, -0.2) is 49.6 Å². The van der Waals surface area contributed by atoms with Crippen molar-refractivity contribution in [3.8, 4) is 0 Å². The van der Waals surface area contributed by atoms with Crippen LogP contribution in [0.5, 0.6) is 0 Å². The fraction of sp³-hybridized carbons (Fsp3) is 0.923. The van der Waals surface area contributed by atoms with Crippen LogP contribution in [0.2, 0.25) is 0 Å². The smallest absolute Gasteiger partial charge is 0.219 e. The van der Waals surface area contributed by atoms with Crippen LogP contribution in [0, 0.1) is 0 Å². The highest BCUT2D eigenvalue weighted by atomic mass is 16.1. The molecule has 0 fully saturated rings. The minimum atomic E-state index is 0.123. The van der Waals surface area contributed by atoms with E-state index in [9.17, 15) is 4.79 Å². The Balaban J connectivity index is 3.52. The second kappa shape index (κ2) is 9.42. The third-order valence-corrected chi connectivity index (χ3v) is 2.91. The van der Waals surface area contributed by atoms with Gasteiger partial charge in [-0.3, -0.25) is 9.69 Å². The van der Waals surface area contributed by atoms with Crippen molar-refractivity contribution < 1.29 is 4.79 Å². The van der Waals surface area contributed by atoms with Crippen LogP contribution < -0.4 is 10.6 Å². The van der Waals surface area contributed by atoms with Gasteiger partial charge in [0.25, 0.3) is 0 Å². The van der Waals surface area contributed by atoms with E-state index < -0.39 is 0 Å². The molecular formula is C13H29N3O. The van der Waals surface area contributed by atoms with E-state index in [2.05, 4.69) is 43.2 Å². The van der Waals surface area contributed by atoms with E-state index in [1.165, 1.54) is 0 Å². The van der Waals surface area contributed by atoms with Gasteiger partial charge >= 0.3 is 0 Å². The summed E-state index contributed by atoms with van der Waals surface area (Å²) >= 11 is 0. The van der Waals surface area contributed by atoms with Crippen LogP contribution in [-0.2, 0) is 4.79 Å². The SMILES string of the molecule is CNC(=O)CCCNCCN(C(C)C)C(C)C. The fourth-order valence-corrected chi connectivity index (χ4v) is 1.94. The first-order chi connectivity index (χ1) is 7.99. The van der Waals surface area contributed by atoms with E-state index in [1.807, 2.05) is 0 Å². The second-order valence-electron chi connectivity index (χ2n) is 4.95. The van der Waals surface area contributed by atoms with Crippen molar-refractivity contribution in [2.75, 3.05) is 26.7 Å². The zero-order chi connectivity index (χ0) is 13.3. The van der Waals surface area contributed by atoms with Gasteiger partial charge in [-0.2, -0.15) is 0 Å². The van der Waals surface area contributed by atoms with Gasteiger partial charge in [-0.15, -0.1) is 0 Å². The van der Waals surface area contributed by atoms with Gasteiger partial charge in [0.05, 0.1) is 0 Å². The summed E-state index contributed by atoms with van der Waals surface area (Å²) in [6.45, 7) is 11.9. The van der Waals surface area contributed by atoms with E-state index in [0.717, 1.165) is 26.1 Å². The summed E-state index contributed by atoms with van der Waals surface area (Å²) in [5.74, 6) is 0.123. The minimum absolute atomic E-state index is 0.123. The molecule has 0 unspecified atom stereocenters. The molecule has 0 aliphatic heterocycles. The molecule has 2 N–H and O–H groups in total. The Morgan fingerprint density at radius 1 is 1.12 bits per heavy atom. The van der Waals surface area contributed by atoms with Crippen molar-refractivity contribution >= 4 is 5.91 Å². The maximum atomic E-state index is 11.0. The Bertz CT molecular complexity index is 197. The highest BCUT2D eigenvalue weighted by Crippen LogP contribution is 2.03. The van der Waals surface area contributed by atoms with Crippen LogP contribution in [0.15, 0.2) is 0 Å². The number of nitrogens with one attached hydrogen (secondary N) is 2. The molecule has 0 atom stereocenters. The Morgan fingerprint density at radius 2 is 1.71 bits per heavy atom. The van der Waals surface area contributed by atoms with Crippen molar-refractivity contribution in [3.05, 3.63) is 0 Å². The van der Waals surface area contributed by atoms with Gasteiger partial charge in [-0.05, 0) is 40.7 Å². The monoisotopic (exact) mass is 243 g/mol. The quantitative estimate of drug-likeness (QED) is 0.599. The maximum Gasteiger partial charge on any atom is 0.219 e. The first kappa shape index (κ1) is 16.4. The van der Waals surface area contributed by atoms with Gasteiger partial charge < -0.3 is 10.6 Å². The van der Waals surface area contributed by atoms with Gasteiger partial charge in [-0.25, -0.2) is 0 Å².